The van der Waals surface area contributed by atoms with Gasteiger partial charge in [-0.2, -0.15) is 0 Å². The molecular formula is C15H12N2O3. The normalized spacial score (nSPS) is 11.1. The largest absolute Gasteiger partial charge is 0.437 e. The monoisotopic (exact) mass is 268 g/mol. The molecule has 0 saturated heterocycles. The molecule has 0 atom stereocenters. The molecule has 1 aromatic carbocycles. The van der Waals surface area contributed by atoms with Gasteiger partial charge in [0.2, 0.25) is 11.1 Å². The summed E-state index contributed by atoms with van der Waals surface area (Å²) in [5, 5.41) is 0.767. The number of Topliss-reactive ketones (excluding diaryl/α,β-unsaturated/α-hetero) is 1. The lowest BCUT2D eigenvalue weighted by Gasteiger charge is -2.05. The highest BCUT2D eigenvalue weighted by Gasteiger charge is 2.14. The van der Waals surface area contributed by atoms with E-state index in [0.717, 1.165) is 0 Å². The van der Waals surface area contributed by atoms with Crippen molar-refractivity contribution in [1.82, 2.24) is 4.98 Å². The third-order valence-electron chi connectivity index (χ3n) is 3.25. The van der Waals surface area contributed by atoms with Crippen LogP contribution in [0.15, 0.2) is 39.5 Å². The maximum atomic E-state index is 12.4. The van der Waals surface area contributed by atoms with Crippen molar-refractivity contribution >= 4 is 27.9 Å². The number of hydrogen-bond donors (Lipinski definition) is 1. The Morgan fingerprint density at radius 3 is 2.80 bits per heavy atom. The molecule has 0 aliphatic heterocycles. The molecule has 0 aliphatic carbocycles. The second-order valence-electron chi connectivity index (χ2n) is 4.53. The first kappa shape index (κ1) is 12.5. The Morgan fingerprint density at radius 1 is 1.30 bits per heavy atom. The zero-order chi connectivity index (χ0) is 14.3. The van der Waals surface area contributed by atoms with Gasteiger partial charge in [0.05, 0.1) is 23.0 Å². The summed E-state index contributed by atoms with van der Waals surface area (Å²) < 4.78 is 5.62. The van der Waals surface area contributed by atoms with Gasteiger partial charge in [-0.25, -0.2) is 4.98 Å². The van der Waals surface area contributed by atoms with Crippen LogP contribution in [0.1, 0.15) is 16.1 Å². The average Bonchev–Trinajstić information content (AvgIpc) is 2.46. The smallest absolute Gasteiger partial charge is 0.230 e. The molecule has 0 unspecified atom stereocenters. The van der Waals surface area contributed by atoms with Gasteiger partial charge in [0.25, 0.3) is 0 Å². The summed E-state index contributed by atoms with van der Waals surface area (Å²) in [7, 11) is 0. The van der Waals surface area contributed by atoms with Crippen molar-refractivity contribution in [2.24, 2.45) is 5.73 Å². The van der Waals surface area contributed by atoms with Crippen LogP contribution in [0, 0.1) is 6.92 Å². The molecule has 5 heteroatoms. The number of hydrogen-bond acceptors (Lipinski definition) is 5. The minimum absolute atomic E-state index is 0.118. The number of ketones is 1. The summed E-state index contributed by atoms with van der Waals surface area (Å²) in [6.07, 6.45) is 0. The van der Waals surface area contributed by atoms with Gasteiger partial charge in [-0.3, -0.25) is 9.59 Å². The highest BCUT2D eigenvalue weighted by Crippen LogP contribution is 2.19. The summed E-state index contributed by atoms with van der Waals surface area (Å²) in [5.41, 5.74) is 6.76. The molecule has 0 fully saturated rings. The fourth-order valence-electron chi connectivity index (χ4n) is 2.21. The van der Waals surface area contributed by atoms with E-state index in [9.17, 15) is 9.59 Å². The topological polar surface area (TPSA) is 86.2 Å². The highest BCUT2D eigenvalue weighted by molar-refractivity contribution is 6.01. The van der Waals surface area contributed by atoms with Crippen LogP contribution in [0.4, 0.5) is 0 Å². The Kier molecular flexibility index (Phi) is 2.84. The van der Waals surface area contributed by atoms with E-state index in [4.69, 9.17) is 10.2 Å². The molecule has 0 amide bonds. The molecule has 3 rings (SSSR count). The molecule has 0 bridgehead atoms. The van der Waals surface area contributed by atoms with Crippen molar-refractivity contribution in [3.63, 3.8) is 0 Å². The third kappa shape index (κ3) is 1.80. The van der Waals surface area contributed by atoms with Crippen LogP contribution in [0.5, 0.6) is 0 Å². The lowest BCUT2D eigenvalue weighted by molar-refractivity contribution is 0.100. The molecule has 0 aliphatic rings. The first-order valence-corrected chi connectivity index (χ1v) is 6.18. The number of benzene rings is 1. The van der Waals surface area contributed by atoms with Crippen molar-refractivity contribution in [1.29, 1.82) is 0 Å². The lowest BCUT2D eigenvalue weighted by Crippen LogP contribution is -2.16. The number of carbonyl (C=O) groups is 1. The van der Waals surface area contributed by atoms with E-state index in [1.807, 2.05) is 0 Å². The minimum Gasteiger partial charge on any atom is -0.437 e. The summed E-state index contributed by atoms with van der Waals surface area (Å²) in [6.45, 7) is 1.57. The van der Waals surface area contributed by atoms with Crippen molar-refractivity contribution in [3.8, 4) is 0 Å². The van der Waals surface area contributed by atoms with Crippen LogP contribution in [-0.2, 0) is 0 Å². The number of aromatic nitrogens is 1. The molecule has 0 spiro atoms. The summed E-state index contributed by atoms with van der Waals surface area (Å²) in [5.74, 6) is -0.246. The van der Waals surface area contributed by atoms with Crippen LogP contribution in [0.3, 0.4) is 0 Å². The van der Waals surface area contributed by atoms with Crippen LogP contribution in [0.25, 0.3) is 22.1 Å². The van der Waals surface area contributed by atoms with Gasteiger partial charge >= 0.3 is 0 Å². The molecule has 3 aromatic rings. The van der Waals surface area contributed by atoms with Crippen molar-refractivity contribution in [3.05, 3.63) is 51.8 Å². The minimum atomic E-state index is -0.246. The molecular weight excluding hydrogens is 256 g/mol. The maximum Gasteiger partial charge on any atom is 0.230 e. The molecule has 20 heavy (non-hydrogen) atoms. The Morgan fingerprint density at radius 2 is 2.05 bits per heavy atom. The van der Waals surface area contributed by atoms with Crippen molar-refractivity contribution in [2.75, 3.05) is 6.54 Å². The van der Waals surface area contributed by atoms with Crippen molar-refractivity contribution < 1.29 is 9.21 Å². The summed E-state index contributed by atoms with van der Waals surface area (Å²) in [4.78, 5) is 28.4. The molecule has 5 nitrogen and oxygen atoms in total. The number of carbonyl (C=O) groups excluding carboxylic acids is 1. The number of rotatable bonds is 2. The van der Waals surface area contributed by atoms with E-state index >= 15 is 0 Å². The Bertz CT molecular complexity index is 897. The molecule has 100 valence electrons. The number of nitrogens with zero attached hydrogens (tertiary/aromatic N) is 1. The summed E-state index contributed by atoms with van der Waals surface area (Å²) >= 11 is 0. The molecule has 2 heterocycles. The Hall–Kier alpha value is -2.53. The van der Waals surface area contributed by atoms with Gasteiger partial charge in [-0.15, -0.1) is 0 Å². The first-order valence-electron chi connectivity index (χ1n) is 6.18. The van der Waals surface area contributed by atoms with E-state index < -0.39 is 0 Å². The molecule has 2 aromatic heterocycles. The van der Waals surface area contributed by atoms with Crippen LogP contribution < -0.4 is 11.2 Å². The fourth-order valence-corrected chi connectivity index (χ4v) is 2.21. The predicted octanol–water partition coefficient (Wildman–Crippen LogP) is 1.79. The van der Waals surface area contributed by atoms with Crippen LogP contribution in [0.2, 0.25) is 0 Å². The maximum absolute atomic E-state index is 12.4. The fraction of sp³-hybridized carbons (Fsp3) is 0.133. The highest BCUT2D eigenvalue weighted by atomic mass is 16.3. The summed E-state index contributed by atoms with van der Waals surface area (Å²) in [6, 6.07) is 8.47. The molecule has 2 N–H and O–H groups in total. The number of pyridine rings is 1. The zero-order valence-corrected chi connectivity index (χ0v) is 10.8. The zero-order valence-electron chi connectivity index (χ0n) is 10.8. The van der Waals surface area contributed by atoms with E-state index in [1.165, 1.54) is 6.07 Å². The average molecular weight is 268 g/mol. The second-order valence-corrected chi connectivity index (χ2v) is 4.53. The standard InChI is InChI=1S/C15H12N2O3/c1-8-10(12(18)7-16)6-11-14(19)9-4-2-3-5-13(9)20-15(11)17-8/h2-6H,7,16H2,1H3. The van der Waals surface area contributed by atoms with Gasteiger partial charge in [-0.1, -0.05) is 12.1 Å². The quantitative estimate of drug-likeness (QED) is 0.565. The van der Waals surface area contributed by atoms with Gasteiger partial charge in [-0.05, 0) is 25.1 Å². The van der Waals surface area contributed by atoms with Crippen LogP contribution >= 0.6 is 0 Å². The lowest BCUT2D eigenvalue weighted by atomic mass is 10.1. The number of fused-ring (bicyclic) bond motifs is 2. The number of para-hydroxylation sites is 1. The van der Waals surface area contributed by atoms with Gasteiger partial charge in [0, 0.05) is 5.56 Å². The predicted molar refractivity (Wildman–Crippen MR) is 75.9 cm³/mol. The van der Waals surface area contributed by atoms with Gasteiger partial charge in [0.15, 0.2) is 5.78 Å². The molecule has 0 radical (unpaired) electrons. The van der Waals surface area contributed by atoms with Crippen molar-refractivity contribution in [2.45, 2.75) is 6.92 Å². The second kappa shape index (κ2) is 4.54. The van der Waals surface area contributed by atoms with Gasteiger partial charge < -0.3 is 10.2 Å². The van der Waals surface area contributed by atoms with E-state index in [-0.39, 0.29) is 23.5 Å². The van der Waals surface area contributed by atoms with Gasteiger partial charge in [0.1, 0.15) is 5.58 Å². The molecule has 0 saturated carbocycles. The van der Waals surface area contributed by atoms with Crippen LogP contribution in [-0.4, -0.2) is 17.3 Å². The first-order chi connectivity index (χ1) is 9.61. The van der Waals surface area contributed by atoms with E-state index in [1.54, 1.807) is 31.2 Å². The number of aryl methyl sites for hydroxylation is 1. The van der Waals surface area contributed by atoms with E-state index in [0.29, 0.717) is 27.6 Å². The Labute approximate surface area is 114 Å². The third-order valence-corrected chi connectivity index (χ3v) is 3.25. The SMILES string of the molecule is Cc1nc2oc3ccccc3c(=O)c2cc1C(=O)CN. The Balaban J connectivity index is 2.45. The number of nitrogens with two attached hydrogens (primary N) is 1. The van der Waals surface area contributed by atoms with E-state index in [2.05, 4.69) is 4.98 Å².